The molecule has 2 rings (SSSR count). The Labute approximate surface area is 126 Å². The topological polar surface area (TPSA) is 59.0 Å². The molecular weight excluding hydrogens is 260 g/mol. The second-order valence-corrected chi connectivity index (χ2v) is 5.46. The Bertz CT molecular complexity index is 614. The molecule has 0 aliphatic heterocycles. The number of nitriles is 1. The summed E-state index contributed by atoms with van der Waals surface area (Å²) in [5, 5.41) is 9.38. The highest BCUT2D eigenvalue weighted by atomic mass is 16.5. The third-order valence-electron chi connectivity index (χ3n) is 3.50. The van der Waals surface area contributed by atoms with E-state index in [9.17, 15) is 5.26 Å². The quantitative estimate of drug-likeness (QED) is 0.911. The van der Waals surface area contributed by atoms with Gasteiger partial charge in [0.25, 0.3) is 0 Å². The van der Waals surface area contributed by atoms with Crippen molar-refractivity contribution in [1.29, 1.82) is 5.26 Å². The Kier molecular flexibility index (Phi) is 4.62. The summed E-state index contributed by atoms with van der Waals surface area (Å²) in [4.78, 5) is 0. The highest BCUT2D eigenvalue weighted by Crippen LogP contribution is 2.22. The highest BCUT2D eigenvalue weighted by Gasteiger charge is 2.28. The number of ether oxygens (including phenoxy) is 1. The lowest BCUT2D eigenvalue weighted by atomic mass is 9.94. The number of nitrogens with two attached hydrogens (primary N) is 1. The fraction of sp³-hybridized carbons (Fsp3) is 0.278. The van der Waals surface area contributed by atoms with Gasteiger partial charge in [0.1, 0.15) is 12.4 Å². The molecule has 1 atom stereocenters. The Morgan fingerprint density at radius 3 is 2.24 bits per heavy atom. The van der Waals surface area contributed by atoms with E-state index < -0.39 is 5.54 Å². The molecule has 0 aromatic heterocycles. The lowest BCUT2D eigenvalue weighted by molar-refractivity contribution is 0.255. The molecule has 108 valence electrons. The molecule has 3 heteroatoms. The lowest BCUT2D eigenvalue weighted by Gasteiger charge is -2.22. The zero-order chi connectivity index (χ0) is 15.3. The van der Waals surface area contributed by atoms with E-state index in [0.717, 1.165) is 11.3 Å². The maximum atomic E-state index is 9.38. The van der Waals surface area contributed by atoms with Gasteiger partial charge in [0.2, 0.25) is 0 Å². The van der Waals surface area contributed by atoms with Crippen LogP contribution in [0.4, 0.5) is 0 Å². The van der Waals surface area contributed by atoms with E-state index in [1.54, 1.807) is 0 Å². The van der Waals surface area contributed by atoms with Crippen molar-refractivity contribution in [1.82, 2.24) is 0 Å². The molecule has 0 aliphatic rings. The minimum Gasteiger partial charge on any atom is -0.490 e. The summed E-state index contributed by atoms with van der Waals surface area (Å²) in [6.07, 6.45) is 0. The second-order valence-electron chi connectivity index (χ2n) is 5.46. The highest BCUT2D eigenvalue weighted by molar-refractivity contribution is 5.32. The molecule has 0 heterocycles. The number of nitrogens with zero attached hydrogens (tertiary/aromatic N) is 1. The van der Waals surface area contributed by atoms with E-state index >= 15 is 0 Å². The molecule has 0 amide bonds. The summed E-state index contributed by atoms with van der Waals surface area (Å²) < 4.78 is 5.70. The van der Waals surface area contributed by atoms with Gasteiger partial charge in [-0.05, 0) is 29.2 Å². The summed E-state index contributed by atoms with van der Waals surface area (Å²) in [5.41, 5.74) is 7.03. The van der Waals surface area contributed by atoms with E-state index in [0.29, 0.717) is 5.92 Å². The minimum absolute atomic E-state index is 0.120. The van der Waals surface area contributed by atoms with E-state index in [4.69, 9.17) is 10.5 Å². The second kappa shape index (κ2) is 6.43. The standard InChI is InChI=1S/C18H20N2O/c1-14(2)15-8-10-17(11-9-15)21-13-18(20,12-19)16-6-4-3-5-7-16/h3-11,14H,13,20H2,1-2H3. The summed E-state index contributed by atoms with van der Waals surface area (Å²) >= 11 is 0. The molecule has 0 aliphatic carbocycles. The molecular formula is C18H20N2O. The first kappa shape index (κ1) is 15.1. The molecule has 1 unspecified atom stereocenters. The van der Waals surface area contributed by atoms with Crippen LogP contribution in [0.25, 0.3) is 0 Å². The molecule has 2 aromatic rings. The summed E-state index contributed by atoms with van der Waals surface area (Å²) in [6, 6.07) is 19.4. The van der Waals surface area contributed by atoms with Crippen molar-refractivity contribution in [2.45, 2.75) is 25.3 Å². The van der Waals surface area contributed by atoms with Crippen LogP contribution in [0.1, 0.15) is 30.9 Å². The number of hydrogen-bond acceptors (Lipinski definition) is 3. The van der Waals surface area contributed by atoms with Gasteiger partial charge in [-0.1, -0.05) is 56.3 Å². The van der Waals surface area contributed by atoms with Crippen molar-refractivity contribution >= 4 is 0 Å². The number of benzene rings is 2. The average Bonchev–Trinajstić information content (AvgIpc) is 2.54. The van der Waals surface area contributed by atoms with E-state index in [2.05, 4.69) is 19.9 Å². The lowest BCUT2D eigenvalue weighted by Crippen LogP contribution is -2.41. The Morgan fingerprint density at radius 2 is 1.71 bits per heavy atom. The van der Waals surface area contributed by atoms with Crippen molar-refractivity contribution in [2.24, 2.45) is 5.73 Å². The van der Waals surface area contributed by atoms with Gasteiger partial charge in [0, 0.05) is 0 Å². The van der Waals surface area contributed by atoms with Crippen LogP contribution in [0.5, 0.6) is 5.75 Å². The van der Waals surface area contributed by atoms with Crippen LogP contribution in [0.3, 0.4) is 0 Å². The molecule has 21 heavy (non-hydrogen) atoms. The first-order valence-electron chi connectivity index (χ1n) is 7.03. The molecule has 2 aromatic carbocycles. The molecule has 0 saturated heterocycles. The van der Waals surface area contributed by atoms with Gasteiger partial charge in [-0.3, -0.25) is 0 Å². The fourth-order valence-corrected chi connectivity index (χ4v) is 2.06. The third kappa shape index (κ3) is 3.62. The van der Waals surface area contributed by atoms with Gasteiger partial charge in [-0.2, -0.15) is 5.26 Å². The molecule has 0 saturated carbocycles. The Balaban J connectivity index is 2.09. The van der Waals surface area contributed by atoms with E-state index in [1.807, 2.05) is 54.6 Å². The Hall–Kier alpha value is -2.31. The van der Waals surface area contributed by atoms with Gasteiger partial charge in [0.05, 0.1) is 6.07 Å². The zero-order valence-electron chi connectivity index (χ0n) is 12.4. The first-order valence-corrected chi connectivity index (χ1v) is 7.03. The van der Waals surface area contributed by atoms with Crippen molar-refractivity contribution in [2.75, 3.05) is 6.61 Å². The minimum atomic E-state index is -1.14. The van der Waals surface area contributed by atoms with Gasteiger partial charge in [-0.25, -0.2) is 0 Å². The van der Waals surface area contributed by atoms with Crippen LogP contribution in [0, 0.1) is 11.3 Å². The van der Waals surface area contributed by atoms with Crippen LogP contribution < -0.4 is 10.5 Å². The van der Waals surface area contributed by atoms with Crippen molar-refractivity contribution in [3.05, 3.63) is 65.7 Å². The van der Waals surface area contributed by atoms with Gasteiger partial charge < -0.3 is 10.5 Å². The summed E-state index contributed by atoms with van der Waals surface area (Å²) in [6.45, 7) is 4.41. The molecule has 2 N–H and O–H groups in total. The van der Waals surface area contributed by atoms with E-state index in [-0.39, 0.29) is 6.61 Å². The van der Waals surface area contributed by atoms with Crippen LogP contribution in [0.15, 0.2) is 54.6 Å². The molecule has 0 bridgehead atoms. The maximum absolute atomic E-state index is 9.38. The molecule has 0 spiro atoms. The first-order chi connectivity index (χ1) is 10.0. The van der Waals surface area contributed by atoms with Crippen LogP contribution in [-0.2, 0) is 5.54 Å². The van der Waals surface area contributed by atoms with Crippen molar-refractivity contribution in [3.8, 4) is 11.8 Å². The average molecular weight is 280 g/mol. The molecule has 3 nitrogen and oxygen atoms in total. The van der Waals surface area contributed by atoms with Crippen molar-refractivity contribution in [3.63, 3.8) is 0 Å². The largest absolute Gasteiger partial charge is 0.490 e. The van der Waals surface area contributed by atoms with Crippen LogP contribution in [-0.4, -0.2) is 6.61 Å². The number of rotatable bonds is 5. The zero-order valence-corrected chi connectivity index (χ0v) is 12.4. The van der Waals surface area contributed by atoms with Gasteiger partial charge >= 0.3 is 0 Å². The van der Waals surface area contributed by atoms with Crippen LogP contribution >= 0.6 is 0 Å². The summed E-state index contributed by atoms with van der Waals surface area (Å²) in [5.74, 6) is 1.21. The van der Waals surface area contributed by atoms with Crippen molar-refractivity contribution < 1.29 is 4.74 Å². The van der Waals surface area contributed by atoms with E-state index in [1.165, 1.54) is 5.56 Å². The maximum Gasteiger partial charge on any atom is 0.164 e. The Morgan fingerprint density at radius 1 is 1.10 bits per heavy atom. The normalized spacial score (nSPS) is 13.5. The predicted molar refractivity (Wildman–Crippen MR) is 83.9 cm³/mol. The molecule has 0 radical (unpaired) electrons. The smallest absolute Gasteiger partial charge is 0.164 e. The predicted octanol–water partition coefficient (Wildman–Crippen LogP) is 3.57. The molecule has 0 fully saturated rings. The van der Waals surface area contributed by atoms with Gasteiger partial charge in [-0.15, -0.1) is 0 Å². The fourth-order valence-electron chi connectivity index (χ4n) is 2.06. The van der Waals surface area contributed by atoms with Gasteiger partial charge in [0.15, 0.2) is 5.54 Å². The van der Waals surface area contributed by atoms with Crippen LogP contribution in [0.2, 0.25) is 0 Å². The summed E-state index contributed by atoms with van der Waals surface area (Å²) in [7, 11) is 0. The number of hydrogen-bond donors (Lipinski definition) is 1. The third-order valence-corrected chi connectivity index (χ3v) is 3.50. The monoisotopic (exact) mass is 280 g/mol. The SMILES string of the molecule is CC(C)c1ccc(OCC(N)(C#N)c2ccccc2)cc1.